The number of rotatable bonds is 3. The summed E-state index contributed by atoms with van der Waals surface area (Å²) in [6.45, 7) is 2.44. The van der Waals surface area contributed by atoms with Crippen molar-refractivity contribution in [2.45, 2.75) is 25.8 Å². The minimum atomic E-state index is -3.26. The second kappa shape index (κ2) is 5.98. The lowest BCUT2D eigenvalue weighted by Gasteiger charge is -2.31. The van der Waals surface area contributed by atoms with E-state index in [4.69, 9.17) is 0 Å². The van der Waals surface area contributed by atoms with Gasteiger partial charge in [-0.15, -0.1) is 0 Å². The second-order valence-corrected chi connectivity index (χ2v) is 7.30. The van der Waals surface area contributed by atoms with E-state index in [9.17, 15) is 18.0 Å². The summed E-state index contributed by atoms with van der Waals surface area (Å²) in [5, 5.41) is 2.73. The molecule has 2 N–H and O–H groups in total. The van der Waals surface area contributed by atoms with E-state index in [1.165, 1.54) is 10.4 Å². The normalized spacial score (nSPS) is 20.2. The number of pyridine rings is 1. The van der Waals surface area contributed by atoms with E-state index in [1.54, 1.807) is 13.0 Å². The average Bonchev–Trinajstić information content (AvgIpc) is 2.37. The molecule has 1 aromatic rings. The van der Waals surface area contributed by atoms with E-state index in [-0.39, 0.29) is 18.2 Å². The molecule has 0 bridgehead atoms. The van der Waals surface area contributed by atoms with Gasteiger partial charge >= 0.3 is 0 Å². The average molecular weight is 313 g/mol. The Balaban J connectivity index is 2.07. The molecule has 0 aliphatic carbocycles. The van der Waals surface area contributed by atoms with Crippen molar-refractivity contribution >= 4 is 15.9 Å². The highest BCUT2D eigenvalue weighted by Gasteiger charge is 2.27. The summed E-state index contributed by atoms with van der Waals surface area (Å²) in [5.41, 5.74) is 0.276. The number of carbonyl (C=O) groups excluding carboxylic acids is 1. The van der Waals surface area contributed by atoms with Gasteiger partial charge in [-0.2, -0.15) is 0 Å². The van der Waals surface area contributed by atoms with Crippen LogP contribution in [0.5, 0.6) is 0 Å². The van der Waals surface area contributed by atoms with E-state index in [0.717, 1.165) is 6.26 Å². The van der Waals surface area contributed by atoms with Crippen molar-refractivity contribution in [3.63, 3.8) is 0 Å². The van der Waals surface area contributed by atoms with Crippen molar-refractivity contribution < 1.29 is 13.2 Å². The smallest absolute Gasteiger partial charge is 0.260 e. The molecule has 1 aliphatic heterocycles. The van der Waals surface area contributed by atoms with Crippen molar-refractivity contribution in [2.75, 3.05) is 19.3 Å². The third kappa shape index (κ3) is 3.92. The van der Waals surface area contributed by atoms with Crippen LogP contribution in [0.4, 0.5) is 0 Å². The van der Waals surface area contributed by atoms with Gasteiger partial charge in [0.05, 0.1) is 6.26 Å². The molecular weight excluding hydrogens is 294 g/mol. The number of carbonyl (C=O) groups is 1. The van der Waals surface area contributed by atoms with Gasteiger partial charge in [0.1, 0.15) is 5.56 Å². The Morgan fingerprint density at radius 2 is 2.14 bits per heavy atom. The molecule has 1 aromatic heterocycles. The number of aromatic nitrogens is 1. The molecule has 1 amide bonds. The number of aromatic amines is 1. The molecule has 0 spiro atoms. The summed E-state index contributed by atoms with van der Waals surface area (Å²) in [4.78, 5) is 26.4. The van der Waals surface area contributed by atoms with Crippen LogP contribution >= 0.6 is 0 Å². The first-order valence-corrected chi connectivity index (χ1v) is 8.58. The zero-order valence-electron chi connectivity index (χ0n) is 12.0. The van der Waals surface area contributed by atoms with Gasteiger partial charge in [-0.1, -0.05) is 0 Å². The molecule has 2 heterocycles. The maximum absolute atomic E-state index is 12.1. The lowest BCUT2D eigenvalue weighted by molar-refractivity contribution is 0.0920. The molecular formula is C13H19N3O4S. The Kier molecular flexibility index (Phi) is 4.48. The Hall–Kier alpha value is -1.67. The Morgan fingerprint density at radius 1 is 1.43 bits per heavy atom. The van der Waals surface area contributed by atoms with Crippen LogP contribution in [0.1, 0.15) is 28.9 Å². The number of aryl methyl sites for hydroxylation is 1. The van der Waals surface area contributed by atoms with Gasteiger partial charge in [-0.3, -0.25) is 9.59 Å². The summed E-state index contributed by atoms with van der Waals surface area (Å²) in [6.07, 6.45) is 2.53. The second-order valence-electron chi connectivity index (χ2n) is 5.32. The summed E-state index contributed by atoms with van der Waals surface area (Å²) in [5.74, 6) is -0.475. The molecule has 8 heteroatoms. The number of hydrogen-bond donors (Lipinski definition) is 2. The quantitative estimate of drug-likeness (QED) is 0.809. The summed E-state index contributed by atoms with van der Waals surface area (Å²) in [7, 11) is -3.26. The molecule has 2 rings (SSSR count). The minimum Gasteiger partial charge on any atom is -0.348 e. The zero-order valence-corrected chi connectivity index (χ0v) is 12.9. The van der Waals surface area contributed by atoms with Crippen LogP contribution in [0.3, 0.4) is 0 Å². The van der Waals surface area contributed by atoms with Crippen molar-refractivity contribution in [1.82, 2.24) is 14.6 Å². The Morgan fingerprint density at radius 3 is 2.76 bits per heavy atom. The molecule has 0 aromatic carbocycles. The van der Waals surface area contributed by atoms with Gasteiger partial charge in [0.2, 0.25) is 10.0 Å². The lowest BCUT2D eigenvalue weighted by Crippen LogP contribution is -2.49. The first-order chi connectivity index (χ1) is 9.77. The van der Waals surface area contributed by atoms with Gasteiger partial charge in [-0.05, 0) is 31.9 Å². The first-order valence-electron chi connectivity index (χ1n) is 6.73. The number of H-pyrrole nitrogens is 1. The lowest BCUT2D eigenvalue weighted by atomic mass is 10.1. The van der Waals surface area contributed by atoms with E-state index in [1.807, 2.05) is 0 Å². The highest BCUT2D eigenvalue weighted by Crippen LogP contribution is 2.13. The first kappa shape index (κ1) is 15.7. The molecule has 0 radical (unpaired) electrons. The predicted molar refractivity (Wildman–Crippen MR) is 78.7 cm³/mol. The molecule has 1 saturated heterocycles. The monoisotopic (exact) mass is 313 g/mol. The molecule has 1 atom stereocenters. The van der Waals surface area contributed by atoms with E-state index in [2.05, 4.69) is 10.3 Å². The third-order valence-corrected chi connectivity index (χ3v) is 4.76. The standard InChI is InChI=1S/C13H19N3O4S/c1-9-5-6-11(12(17)14-9)13(18)15-10-4-3-7-16(8-10)21(2,19)20/h5-6,10H,3-4,7-8H2,1-2H3,(H,14,17)(H,15,18)/t10-/m0/s1. The molecule has 116 valence electrons. The fourth-order valence-corrected chi connectivity index (χ4v) is 3.29. The van der Waals surface area contributed by atoms with Crippen LogP contribution in [-0.4, -0.2) is 49.0 Å². The third-order valence-electron chi connectivity index (χ3n) is 3.49. The molecule has 1 fully saturated rings. The molecule has 0 saturated carbocycles. The van der Waals surface area contributed by atoms with Crippen LogP contribution in [0, 0.1) is 6.92 Å². The van der Waals surface area contributed by atoms with Gasteiger partial charge in [0, 0.05) is 24.8 Å². The maximum atomic E-state index is 12.1. The number of piperidine rings is 1. The highest BCUT2D eigenvalue weighted by molar-refractivity contribution is 7.88. The fourth-order valence-electron chi connectivity index (χ4n) is 2.38. The van der Waals surface area contributed by atoms with E-state index < -0.39 is 21.5 Å². The van der Waals surface area contributed by atoms with Gasteiger partial charge < -0.3 is 10.3 Å². The maximum Gasteiger partial charge on any atom is 0.260 e. The number of nitrogens with zero attached hydrogens (tertiary/aromatic N) is 1. The molecule has 21 heavy (non-hydrogen) atoms. The Bertz CT molecular complexity index is 696. The van der Waals surface area contributed by atoms with E-state index >= 15 is 0 Å². The SMILES string of the molecule is Cc1ccc(C(=O)N[C@H]2CCCN(S(C)(=O)=O)C2)c(=O)[nH]1. The van der Waals surface area contributed by atoms with Crippen molar-refractivity contribution in [3.05, 3.63) is 33.7 Å². The van der Waals surface area contributed by atoms with Gasteiger partial charge in [-0.25, -0.2) is 12.7 Å². The fraction of sp³-hybridized carbons (Fsp3) is 0.538. The predicted octanol–water partition coefficient (Wildman–Crippen LogP) is -0.163. The number of nitrogens with one attached hydrogen (secondary N) is 2. The van der Waals surface area contributed by atoms with Gasteiger partial charge in [0.25, 0.3) is 11.5 Å². The van der Waals surface area contributed by atoms with Crippen LogP contribution in [0.2, 0.25) is 0 Å². The number of amides is 1. The molecule has 0 unspecified atom stereocenters. The minimum absolute atomic E-state index is 0.0390. The van der Waals surface area contributed by atoms with Crippen LogP contribution in [0.25, 0.3) is 0 Å². The van der Waals surface area contributed by atoms with Gasteiger partial charge in [0.15, 0.2) is 0 Å². The van der Waals surface area contributed by atoms with Crippen molar-refractivity contribution in [2.24, 2.45) is 0 Å². The summed E-state index contributed by atoms with van der Waals surface area (Å²) < 4.78 is 24.4. The van der Waals surface area contributed by atoms with Crippen LogP contribution in [-0.2, 0) is 10.0 Å². The molecule has 7 nitrogen and oxygen atoms in total. The van der Waals surface area contributed by atoms with E-state index in [0.29, 0.717) is 25.1 Å². The van der Waals surface area contributed by atoms with Crippen LogP contribution < -0.4 is 10.9 Å². The largest absolute Gasteiger partial charge is 0.348 e. The zero-order chi connectivity index (χ0) is 15.6. The van der Waals surface area contributed by atoms with Crippen molar-refractivity contribution in [3.8, 4) is 0 Å². The molecule has 1 aliphatic rings. The van der Waals surface area contributed by atoms with Crippen molar-refractivity contribution in [1.29, 1.82) is 0 Å². The highest BCUT2D eigenvalue weighted by atomic mass is 32.2. The Labute approximate surface area is 123 Å². The summed E-state index contributed by atoms with van der Waals surface area (Å²) in [6, 6.07) is 2.85. The topological polar surface area (TPSA) is 99.3 Å². The number of hydrogen-bond acceptors (Lipinski definition) is 4. The summed E-state index contributed by atoms with van der Waals surface area (Å²) >= 11 is 0. The number of sulfonamides is 1. The van der Waals surface area contributed by atoms with Crippen LogP contribution in [0.15, 0.2) is 16.9 Å².